The molecular weight excluding hydrogens is 309 g/mol. The molecule has 1 aliphatic rings. The Hall–Kier alpha value is -0.900. The van der Waals surface area contributed by atoms with Crippen molar-refractivity contribution in [3.63, 3.8) is 0 Å². The van der Waals surface area contributed by atoms with Gasteiger partial charge >= 0.3 is 0 Å². The molecule has 2 nitrogen and oxygen atoms in total. The van der Waals surface area contributed by atoms with Crippen molar-refractivity contribution in [1.29, 1.82) is 0 Å². The summed E-state index contributed by atoms with van der Waals surface area (Å²) in [4.78, 5) is 14.3. The molecule has 0 aliphatic heterocycles. The molecule has 0 aromatic heterocycles. The molecule has 0 saturated heterocycles. The van der Waals surface area contributed by atoms with Gasteiger partial charge in [0.25, 0.3) is 5.91 Å². The maximum atomic E-state index is 13.5. The summed E-state index contributed by atoms with van der Waals surface area (Å²) in [5.74, 6) is 0.0103. The van der Waals surface area contributed by atoms with Gasteiger partial charge in [0.15, 0.2) is 0 Å². The molecule has 1 aromatic rings. The maximum absolute atomic E-state index is 13.5. The summed E-state index contributed by atoms with van der Waals surface area (Å²) in [5.41, 5.74) is 0.403. The third kappa shape index (κ3) is 2.99. The third-order valence-corrected chi connectivity index (χ3v) is 4.87. The molecule has 2 rings (SSSR count). The summed E-state index contributed by atoms with van der Waals surface area (Å²) in [7, 11) is 1.83. The Bertz CT molecular complexity index is 477. The summed E-state index contributed by atoms with van der Waals surface area (Å²) < 4.78 is 13.8. The lowest BCUT2D eigenvalue weighted by Crippen LogP contribution is -2.42. The maximum Gasteiger partial charge on any atom is 0.255 e. The van der Waals surface area contributed by atoms with Crippen molar-refractivity contribution in [2.75, 3.05) is 7.05 Å². The fourth-order valence-corrected chi connectivity index (χ4v) is 3.32. The van der Waals surface area contributed by atoms with Gasteiger partial charge in [-0.15, -0.1) is 0 Å². The number of halogens is 2. The number of carbonyl (C=O) groups excluding carboxylic acids is 1. The summed E-state index contributed by atoms with van der Waals surface area (Å²) in [6, 6.07) is 4.85. The van der Waals surface area contributed by atoms with Gasteiger partial charge in [0, 0.05) is 13.1 Å². The minimum atomic E-state index is -0.393. The van der Waals surface area contributed by atoms with Crippen LogP contribution in [0.15, 0.2) is 22.7 Å². The van der Waals surface area contributed by atoms with Gasteiger partial charge < -0.3 is 4.90 Å². The van der Waals surface area contributed by atoms with Crippen molar-refractivity contribution in [3.8, 4) is 0 Å². The number of hydrogen-bond acceptors (Lipinski definition) is 1. The van der Waals surface area contributed by atoms with E-state index in [1.54, 1.807) is 17.0 Å². The molecule has 0 bridgehead atoms. The summed E-state index contributed by atoms with van der Waals surface area (Å²) in [6.45, 7) is 2.19. The van der Waals surface area contributed by atoms with E-state index in [1.165, 1.54) is 12.5 Å². The Morgan fingerprint density at radius 3 is 2.74 bits per heavy atom. The van der Waals surface area contributed by atoms with Crippen LogP contribution in [0.5, 0.6) is 0 Å². The van der Waals surface area contributed by atoms with Crippen LogP contribution in [0.25, 0.3) is 0 Å². The standard InChI is InChI=1S/C15H19BrFNO/c1-10-6-3-4-9-13(10)18(2)15(19)11-7-5-8-12(17)14(11)16/h5,7-8,10,13H,3-4,6,9H2,1-2H3. The van der Waals surface area contributed by atoms with Crippen LogP contribution in [-0.2, 0) is 0 Å². The second-order valence-corrected chi connectivity index (χ2v) is 6.14. The smallest absolute Gasteiger partial charge is 0.255 e. The third-order valence-electron chi connectivity index (χ3n) is 4.07. The van der Waals surface area contributed by atoms with Gasteiger partial charge in [-0.05, 0) is 46.8 Å². The number of rotatable bonds is 2. The van der Waals surface area contributed by atoms with Gasteiger partial charge in [0.1, 0.15) is 5.82 Å². The van der Waals surface area contributed by atoms with E-state index in [-0.39, 0.29) is 16.4 Å². The van der Waals surface area contributed by atoms with Crippen LogP contribution < -0.4 is 0 Å². The first-order chi connectivity index (χ1) is 9.02. The van der Waals surface area contributed by atoms with Gasteiger partial charge in [-0.1, -0.05) is 25.8 Å². The average Bonchev–Trinajstić information content (AvgIpc) is 2.41. The average molecular weight is 328 g/mol. The van der Waals surface area contributed by atoms with Crippen molar-refractivity contribution in [3.05, 3.63) is 34.1 Å². The minimum absolute atomic E-state index is 0.106. The van der Waals surface area contributed by atoms with E-state index in [0.29, 0.717) is 11.5 Å². The van der Waals surface area contributed by atoms with Crippen LogP contribution in [0.2, 0.25) is 0 Å². The second kappa shape index (κ2) is 6.04. The molecule has 0 heterocycles. The molecule has 0 radical (unpaired) electrons. The summed E-state index contributed by atoms with van der Waals surface area (Å²) in [6.07, 6.45) is 4.60. The molecule has 1 amide bonds. The van der Waals surface area contributed by atoms with Crippen molar-refractivity contribution >= 4 is 21.8 Å². The molecule has 1 aromatic carbocycles. The number of hydrogen-bond donors (Lipinski definition) is 0. The van der Waals surface area contributed by atoms with Crippen molar-refractivity contribution in [1.82, 2.24) is 4.90 Å². The van der Waals surface area contributed by atoms with Crippen LogP contribution >= 0.6 is 15.9 Å². The molecule has 2 unspecified atom stereocenters. The predicted molar refractivity (Wildman–Crippen MR) is 77.6 cm³/mol. The number of nitrogens with zero attached hydrogens (tertiary/aromatic N) is 1. The highest BCUT2D eigenvalue weighted by Gasteiger charge is 2.29. The second-order valence-electron chi connectivity index (χ2n) is 5.35. The van der Waals surface area contributed by atoms with Crippen LogP contribution in [-0.4, -0.2) is 23.9 Å². The Balaban J connectivity index is 2.21. The lowest BCUT2D eigenvalue weighted by atomic mass is 9.85. The largest absolute Gasteiger partial charge is 0.338 e. The van der Waals surface area contributed by atoms with E-state index in [1.807, 2.05) is 7.05 Å². The fourth-order valence-electron chi connectivity index (χ4n) is 2.88. The normalized spacial score (nSPS) is 23.2. The highest BCUT2D eigenvalue weighted by Crippen LogP contribution is 2.29. The van der Waals surface area contributed by atoms with Crippen molar-refractivity contribution in [2.45, 2.75) is 38.6 Å². The number of amides is 1. The Morgan fingerprint density at radius 1 is 1.37 bits per heavy atom. The van der Waals surface area contributed by atoms with E-state index in [0.717, 1.165) is 19.3 Å². The summed E-state index contributed by atoms with van der Waals surface area (Å²) >= 11 is 3.17. The van der Waals surface area contributed by atoms with Gasteiger partial charge in [-0.25, -0.2) is 4.39 Å². The first-order valence-electron chi connectivity index (χ1n) is 6.73. The molecule has 0 N–H and O–H groups in total. The van der Waals surface area contributed by atoms with E-state index in [9.17, 15) is 9.18 Å². The molecule has 19 heavy (non-hydrogen) atoms. The zero-order valence-corrected chi connectivity index (χ0v) is 12.9. The highest BCUT2D eigenvalue weighted by atomic mass is 79.9. The lowest BCUT2D eigenvalue weighted by Gasteiger charge is -2.36. The van der Waals surface area contributed by atoms with Gasteiger partial charge in [0.05, 0.1) is 10.0 Å². The van der Waals surface area contributed by atoms with Crippen molar-refractivity contribution in [2.24, 2.45) is 5.92 Å². The molecule has 1 aliphatic carbocycles. The molecular formula is C15H19BrFNO. The number of carbonyl (C=O) groups is 1. The molecule has 104 valence electrons. The van der Waals surface area contributed by atoms with Gasteiger partial charge in [-0.2, -0.15) is 0 Å². The van der Waals surface area contributed by atoms with E-state index < -0.39 is 5.82 Å². The highest BCUT2D eigenvalue weighted by molar-refractivity contribution is 9.10. The van der Waals surface area contributed by atoms with Crippen LogP contribution in [0, 0.1) is 11.7 Å². The molecule has 0 spiro atoms. The first kappa shape index (κ1) is 14.5. The lowest BCUT2D eigenvalue weighted by molar-refractivity contribution is 0.0627. The van der Waals surface area contributed by atoms with E-state index in [2.05, 4.69) is 22.9 Å². The molecule has 1 saturated carbocycles. The first-order valence-corrected chi connectivity index (χ1v) is 7.53. The molecule has 1 fully saturated rings. The molecule has 4 heteroatoms. The minimum Gasteiger partial charge on any atom is -0.338 e. The Morgan fingerprint density at radius 2 is 2.05 bits per heavy atom. The zero-order valence-electron chi connectivity index (χ0n) is 11.3. The van der Waals surface area contributed by atoms with Crippen LogP contribution in [0.4, 0.5) is 4.39 Å². The van der Waals surface area contributed by atoms with Crippen LogP contribution in [0.3, 0.4) is 0 Å². The van der Waals surface area contributed by atoms with Crippen molar-refractivity contribution < 1.29 is 9.18 Å². The van der Waals surface area contributed by atoms with E-state index in [4.69, 9.17) is 0 Å². The van der Waals surface area contributed by atoms with Gasteiger partial charge in [-0.3, -0.25) is 4.79 Å². The zero-order chi connectivity index (χ0) is 14.0. The SMILES string of the molecule is CC1CCCCC1N(C)C(=O)c1cccc(F)c1Br. The topological polar surface area (TPSA) is 20.3 Å². The molecule has 2 atom stereocenters. The summed E-state index contributed by atoms with van der Waals surface area (Å²) in [5, 5.41) is 0. The fraction of sp³-hybridized carbons (Fsp3) is 0.533. The van der Waals surface area contributed by atoms with E-state index >= 15 is 0 Å². The van der Waals surface area contributed by atoms with Gasteiger partial charge in [0.2, 0.25) is 0 Å². The Labute approximate surface area is 122 Å². The predicted octanol–water partition coefficient (Wildman–Crippen LogP) is 4.24. The number of benzene rings is 1. The van der Waals surface area contributed by atoms with Crippen LogP contribution in [0.1, 0.15) is 43.0 Å². The Kier molecular flexibility index (Phi) is 4.61. The quantitative estimate of drug-likeness (QED) is 0.795. The monoisotopic (exact) mass is 327 g/mol.